The fourth-order valence-electron chi connectivity index (χ4n) is 4.85. The van der Waals surface area contributed by atoms with E-state index in [2.05, 4.69) is 20.4 Å². The standard InChI is InChI=1S/C32H33N5O4/c1-4-41-27-7-5-6-23(21-27)28-13-8-24(20-22(28)2)32(39)37-18-16-36(17-19-37)30-15-14-29(34-35-30)31(38)33-25-9-11-26(40-3)12-10-25/h5-15,20-21H,4,16-19H2,1-3H3,(H,33,38). The number of piperazine rings is 1. The second-order valence-corrected chi connectivity index (χ2v) is 9.73. The minimum atomic E-state index is -0.340. The molecule has 9 nitrogen and oxygen atoms in total. The molecule has 4 aromatic rings. The number of ether oxygens (including phenoxy) is 2. The monoisotopic (exact) mass is 551 g/mol. The molecule has 2 heterocycles. The van der Waals surface area contributed by atoms with E-state index in [1.54, 1.807) is 43.5 Å². The lowest BCUT2D eigenvalue weighted by molar-refractivity contribution is 0.0746. The molecule has 9 heteroatoms. The van der Waals surface area contributed by atoms with E-state index >= 15 is 0 Å². The quantitative estimate of drug-likeness (QED) is 0.326. The number of nitrogens with zero attached hydrogens (tertiary/aromatic N) is 4. The van der Waals surface area contributed by atoms with Gasteiger partial charge in [0.05, 0.1) is 13.7 Å². The molecular formula is C32H33N5O4. The molecule has 0 radical (unpaired) electrons. The van der Waals surface area contributed by atoms with Crippen LogP contribution in [0.25, 0.3) is 11.1 Å². The summed E-state index contributed by atoms with van der Waals surface area (Å²) in [6.45, 7) is 6.99. The molecular weight excluding hydrogens is 518 g/mol. The van der Waals surface area contributed by atoms with Gasteiger partial charge in [-0.3, -0.25) is 9.59 Å². The number of aromatic nitrogens is 2. The minimum Gasteiger partial charge on any atom is -0.497 e. The Morgan fingerprint density at radius 1 is 0.878 bits per heavy atom. The van der Waals surface area contributed by atoms with Crippen molar-refractivity contribution in [3.05, 3.63) is 95.7 Å². The highest BCUT2D eigenvalue weighted by molar-refractivity contribution is 6.02. The summed E-state index contributed by atoms with van der Waals surface area (Å²) in [5.74, 6) is 1.89. The predicted molar refractivity (Wildman–Crippen MR) is 159 cm³/mol. The van der Waals surface area contributed by atoms with Crippen molar-refractivity contribution in [3.8, 4) is 22.6 Å². The molecule has 0 saturated carbocycles. The van der Waals surface area contributed by atoms with Crippen molar-refractivity contribution in [2.75, 3.05) is 50.1 Å². The molecule has 0 spiro atoms. The van der Waals surface area contributed by atoms with Gasteiger partial charge < -0.3 is 24.6 Å². The van der Waals surface area contributed by atoms with Gasteiger partial charge in [0, 0.05) is 37.4 Å². The van der Waals surface area contributed by atoms with Gasteiger partial charge >= 0.3 is 0 Å². The van der Waals surface area contributed by atoms with Crippen LogP contribution in [0, 0.1) is 6.92 Å². The number of carbonyl (C=O) groups excluding carboxylic acids is 2. The van der Waals surface area contributed by atoms with Crippen molar-refractivity contribution in [3.63, 3.8) is 0 Å². The Morgan fingerprint density at radius 3 is 2.32 bits per heavy atom. The van der Waals surface area contributed by atoms with Crippen molar-refractivity contribution >= 4 is 23.3 Å². The van der Waals surface area contributed by atoms with E-state index in [0.29, 0.717) is 55.6 Å². The largest absolute Gasteiger partial charge is 0.497 e. The first-order chi connectivity index (χ1) is 19.9. The SMILES string of the molecule is CCOc1cccc(-c2ccc(C(=O)N3CCN(c4ccc(C(=O)Nc5ccc(OC)cc5)nn4)CC3)cc2C)c1. The molecule has 0 aliphatic carbocycles. The Balaban J connectivity index is 1.17. The van der Waals surface area contributed by atoms with Crippen LogP contribution in [0.1, 0.15) is 33.3 Å². The smallest absolute Gasteiger partial charge is 0.276 e. The zero-order valence-corrected chi connectivity index (χ0v) is 23.5. The molecule has 3 aromatic carbocycles. The van der Waals surface area contributed by atoms with E-state index in [1.165, 1.54) is 0 Å². The Labute approximate surface area is 239 Å². The molecule has 0 unspecified atom stereocenters. The van der Waals surface area contributed by atoms with Crippen LogP contribution in [0.15, 0.2) is 78.9 Å². The first-order valence-corrected chi connectivity index (χ1v) is 13.6. The van der Waals surface area contributed by atoms with Gasteiger partial charge in [-0.2, -0.15) is 0 Å². The van der Waals surface area contributed by atoms with Crippen molar-refractivity contribution in [1.29, 1.82) is 0 Å². The summed E-state index contributed by atoms with van der Waals surface area (Å²) < 4.78 is 10.8. The van der Waals surface area contributed by atoms with Gasteiger partial charge in [0.1, 0.15) is 11.5 Å². The van der Waals surface area contributed by atoms with Gasteiger partial charge in [0.25, 0.3) is 11.8 Å². The molecule has 1 N–H and O–H groups in total. The maximum Gasteiger partial charge on any atom is 0.276 e. The number of benzene rings is 3. The van der Waals surface area contributed by atoms with Crippen LogP contribution in [0.4, 0.5) is 11.5 Å². The second-order valence-electron chi connectivity index (χ2n) is 9.73. The average molecular weight is 552 g/mol. The molecule has 1 aromatic heterocycles. The summed E-state index contributed by atoms with van der Waals surface area (Å²) in [6, 6.07) is 24.4. The Bertz CT molecular complexity index is 1510. The van der Waals surface area contributed by atoms with Crippen molar-refractivity contribution < 1.29 is 19.1 Å². The van der Waals surface area contributed by atoms with E-state index < -0.39 is 0 Å². The van der Waals surface area contributed by atoms with Crippen LogP contribution >= 0.6 is 0 Å². The Hall–Kier alpha value is -4.92. The lowest BCUT2D eigenvalue weighted by atomic mass is 9.98. The lowest BCUT2D eigenvalue weighted by Crippen LogP contribution is -2.49. The number of aryl methyl sites for hydroxylation is 1. The third-order valence-corrected chi connectivity index (χ3v) is 7.05. The molecule has 2 amide bonds. The van der Waals surface area contributed by atoms with E-state index in [4.69, 9.17) is 9.47 Å². The molecule has 1 fully saturated rings. The summed E-state index contributed by atoms with van der Waals surface area (Å²) >= 11 is 0. The van der Waals surface area contributed by atoms with Crippen molar-refractivity contribution in [1.82, 2.24) is 15.1 Å². The van der Waals surface area contributed by atoms with Crippen LogP contribution in [-0.2, 0) is 0 Å². The fraction of sp³-hybridized carbons (Fsp3) is 0.250. The van der Waals surface area contributed by atoms with E-state index in [-0.39, 0.29) is 17.5 Å². The van der Waals surface area contributed by atoms with Crippen LogP contribution in [0.3, 0.4) is 0 Å². The number of anilines is 2. The molecule has 1 aliphatic heterocycles. The van der Waals surface area contributed by atoms with E-state index in [1.807, 2.05) is 61.2 Å². The highest BCUT2D eigenvalue weighted by Crippen LogP contribution is 2.28. The molecule has 41 heavy (non-hydrogen) atoms. The maximum absolute atomic E-state index is 13.3. The molecule has 210 valence electrons. The third kappa shape index (κ3) is 6.46. The van der Waals surface area contributed by atoms with Gasteiger partial charge in [0.15, 0.2) is 11.5 Å². The van der Waals surface area contributed by atoms with Crippen LogP contribution in [-0.4, -0.2) is 66.8 Å². The number of nitrogens with one attached hydrogen (secondary N) is 1. The first kappa shape index (κ1) is 27.6. The Morgan fingerprint density at radius 2 is 1.66 bits per heavy atom. The van der Waals surface area contributed by atoms with Crippen LogP contribution < -0.4 is 19.7 Å². The molecule has 1 aliphatic rings. The number of methoxy groups -OCH3 is 1. The molecule has 1 saturated heterocycles. The maximum atomic E-state index is 13.3. The number of hydrogen-bond donors (Lipinski definition) is 1. The zero-order chi connectivity index (χ0) is 28.8. The number of rotatable bonds is 8. The molecule has 0 bridgehead atoms. The van der Waals surface area contributed by atoms with E-state index in [0.717, 1.165) is 22.4 Å². The predicted octanol–water partition coefficient (Wildman–Crippen LogP) is 5.07. The Kier molecular flexibility index (Phi) is 8.43. The minimum absolute atomic E-state index is 0.0130. The second kappa shape index (κ2) is 12.5. The third-order valence-electron chi connectivity index (χ3n) is 7.05. The van der Waals surface area contributed by atoms with Gasteiger partial charge in [-0.1, -0.05) is 18.2 Å². The van der Waals surface area contributed by atoms with Crippen molar-refractivity contribution in [2.24, 2.45) is 0 Å². The van der Waals surface area contributed by atoms with Crippen LogP contribution in [0.2, 0.25) is 0 Å². The van der Waals surface area contributed by atoms with Crippen LogP contribution in [0.5, 0.6) is 11.5 Å². The number of carbonyl (C=O) groups is 2. The molecule has 0 atom stereocenters. The van der Waals surface area contributed by atoms with E-state index in [9.17, 15) is 9.59 Å². The average Bonchev–Trinajstić information content (AvgIpc) is 3.01. The first-order valence-electron chi connectivity index (χ1n) is 13.6. The topological polar surface area (TPSA) is 96.9 Å². The van der Waals surface area contributed by atoms with Gasteiger partial charge in [-0.15, -0.1) is 10.2 Å². The normalized spacial score (nSPS) is 13.0. The number of amides is 2. The highest BCUT2D eigenvalue weighted by Gasteiger charge is 2.24. The summed E-state index contributed by atoms with van der Waals surface area (Å²) in [6.07, 6.45) is 0. The summed E-state index contributed by atoms with van der Waals surface area (Å²) in [5.41, 5.74) is 4.71. The lowest BCUT2D eigenvalue weighted by Gasteiger charge is -2.35. The number of hydrogen-bond acceptors (Lipinski definition) is 7. The highest BCUT2D eigenvalue weighted by atomic mass is 16.5. The van der Waals surface area contributed by atoms with Gasteiger partial charge in [-0.05, 0) is 91.2 Å². The summed E-state index contributed by atoms with van der Waals surface area (Å²) in [5, 5.41) is 11.2. The zero-order valence-electron chi connectivity index (χ0n) is 23.5. The van der Waals surface area contributed by atoms with Gasteiger partial charge in [-0.25, -0.2) is 0 Å². The summed E-state index contributed by atoms with van der Waals surface area (Å²) in [7, 11) is 1.59. The molecule has 5 rings (SSSR count). The summed E-state index contributed by atoms with van der Waals surface area (Å²) in [4.78, 5) is 29.8. The van der Waals surface area contributed by atoms with Gasteiger partial charge in [0.2, 0.25) is 0 Å². The van der Waals surface area contributed by atoms with Crippen molar-refractivity contribution in [2.45, 2.75) is 13.8 Å². The fourth-order valence-corrected chi connectivity index (χ4v) is 4.85.